The molecule has 1 N–H and O–H groups in total. The first-order valence-corrected chi connectivity index (χ1v) is 9.31. The van der Waals surface area contributed by atoms with Gasteiger partial charge in [0.25, 0.3) is 5.91 Å². The van der Waals surface area contributed by atoms with Crippen LogP contribution in [-0.4, -0.2) is 25.5 Å². The van der Waals surface area contributed by atoms with Gasteiger partial charge in [-0.05, 0) is 44.2 Å². The van der Waals surface area contributed by atoms with Gasteiger partial charge in [-0.15, -0.1) is 0 Å². The molecule has 1 aliphatic rings. The fraction of sp³-hybridized carbons (Fsp3) is 0.316. The fourth-order valence-electron chi connectivity index (χ4n) is 2.99. The highest BCUT2D eigenvalue weighted by molar-refractivity contribution is 7.99. The summed E-state index contributed by atoms with van der Waals surface area (Å²) in [7, 11) is 0. The van der Waals surface area contributed by atoms with Crippen LogP contribution in [-0.2, 0) is 11.0 Å². The maximum absolute atomic E-state index is 13.2. The molecule has 8 heteroatoms. The van der Waals surface area contributed by atoms with Crippen molar-refractivity contribution in [1.82, 2.24) is 0 Å². The van der Waals surface area contributed by atoms with Crippen LogP contribution in [0.3, 0.4) is 0 Å². The Hall–Kier alpha value is -1.70. The zero-order chi connectivity index (χ0) is 18.9. The molecule has 0 aromatic heterocycles. The highest BCUT2D eigenvalue weighted by atomic mass is 35.5. The Morgan fingerprint density at radius 1 is 1.04 bits per heavy atom. The standard InChI is InChI=1S/C19H19F3N2OS.ClH/c1-3-23(4-2)12-18(25)24-14-7-5-6-8-16(14)26-17-10-9-13(11-15(17)24)19(20,21)22;/h5-11H,3-4,12H2,1-2H3;1H. The number of nitrogens with zero attached hydrogens (tertiary/aromatic N) is 1. The Labute approximate surface area is 166 Å². The largest absolute Gasteiger partial charge is 1.00 e. The first kappa shape index (κ1) is 21.6. The number of fused-ring (bicyclic) bond motifs is 2. The molecule has 1 aliphatic heterocycles. The van der Waals surface area contributed by atoms with Crippen LogP contribution in [0.2, 0.25) is 0 Å². The van der Waals surface area contributed by atoms with Gasteiger partial charge in [-0.3, -0.25) is 9.69 Å². The topological polar surface area (TPSA) is 24.8 Å². The van der Waals surface area contributed by atoms with E-state index in [1.807, 2.05) is 26.0 Å². The third-order valence-electron chi connectivity index (χ3n) is 4.50. The number of benzene rings is 2. The quantitative estimate of drug-likeness (QED) is 0.796. The average molecular weight is 417 g/mol. The third-order valence-corrected chi connectivity index (χ3v) is 5.63. The second-order valence-corrected chi connectivity index (χ2v) is 7.20. The third kappa shape index (κ3) is 4.42. The van der Waals surface area contributed by atoms with Gasteiger partial charge in [-0.2, -0.15) is 13.2 Å². The molecule has 0 atom stereocenters. The molecule has 2 aromatic rings. The number of amides is 1. The van der Waals surface area contributed by atoms with E-state index in [1.54, 1.807) is 12.1 Å². The first-order valence-electron chi connectivity index (χ1n) is 8.49. The van der Waals surface area contributed by atoms with Crippen LogP contribution in [0.25, 0.3) is 0 Å². The number of alkyl halides is 3. The van der Waals surface area contributed by atoms with Gasteiger partial charge in [0.1, 0.15) is 0 Å². The maximum atomic E-state index is 13.2. The van der Waals surface area contributed by atoms with Gasteiger partial charge < -0.3 is 17.3 Å². The van der Waals surface area contributed by atoms with Gasteiger partial charge in [-0.25, -0.2) is 0 Å². The molecule has 1 amide bonds. The summed E-state index contributed by atoms with van der Waals surface area (Å²) in [6, 6.07) is 10.9. The normalized spacial score (nSPS) is 13.0. The smallest absolute Gasteiger partial charge is 0.416 e. The van der Waals surface area contributed by atoms with Crippen LogP contribution in [0.4, 0.5) is 24.5 Å². The molecule has 1 heterocycles. The van der Waals surface area contributed by atoms with E-state index in [2.05, 4.69) is 0 Å². The van der Waals surface area contributed by atoms with E-state index < -0.39 is 11.7 Å². The second kappa shape index (κ2) is 8.54. The van der Waals surface area contributed by atoms with E-state index in [4.69, 9.17) is 0 Å². The van der Waals surface area contributed by atoms with Gasteiger partial charge in [0.2, 0.25) is 0 Å². The molecule has 3 nitrogen and oxygen atoms in total. The zero-order valence-corrected chi connectivity index (χ0v) is 16.5. The molecule has 146 valence electrons. The highest BCUT2D eigenvalue weighted by Gasteiger charge is 2.35. The van der Waals surface area contributed by atoms with Crippen LogP contribution in [0, 0.1) is 0 Å². The number of hydrogen-bond donors (Lipinski definition) is 1. The second-order valence-electron chi connectivity index (χ2n) is 6.11. The summed E-state index contributed by atoms with van der Waals surface area (Å²) in [6.45, 7) is 5.77. The minimum absolute atomic E-state index is 0. The molecule has 3 rings (SSSR count). The minimum Gasteiger partial charge on any atom is -1.00 e. The van der Waals surface area contributed by atoms with Crippen LogP contribution in [0.1, 0.15) is 19.4 Å². The summed E-state index contributed by atoms with van der Waals surface area (Å²) >= 11 is 1.39. The molecule has 0 aliphatic carbocycles. The van der Waals surface area contributed by atoms with Crippen molar-refractivity contribution in [2.24, 2.45) is 0 Å². The van der Waals surface area contributed by atoms with Gasteiger partial charge >= 0.3 is 6.18 Å². The van der Waals surface area contributed by atoms with E-state index in [-0.39, 0.29) is 24.9 Å². The molecule has 0 fully saturated rings. The summed E-state index contributed by atoms with van der Waals surface area (Å²) in [6.07, 6.45) is -4.45. The zero-order valence-electron chi connectivity index (χ0n) is 14.9. The predicted octanol–water partition coefficient (Wildman–Crippen LogP) is 0.763. The number of carbonyl (C=O) groups is 1. The van der Waals surface area contributed by atoms with E-state index in [1.165, 1.54) is 22.7 Å². The summed E-state index contributed by atoms with van der Waals surface area (Å²) in [5.74, 6) is -0.197. The number of rotatable bonds is 4. The molecule has 0 saturated carbocycles. The van der Waals surface area contributed by atoms with Crippen molar-refractivity contribution in [3.8, 4) is 0 Å². The number of anilines is 2. The van der Waals surface area contributed by atoms with Gasteiger partial charge in [-0.1, -0.05) is 23.9 Å². The van der Waals surface area contributed by atoms with Crippen LogP contribution in [0.15, 0.2) is 52.3 Å². The van der Waals surface area contributed by atoms with Crippen molar-refractivity contribution in [1.29, 1.82) is 0 Å². The molecule has 2 aromatic carbocycles. The molecule has 27 heavy (non-hydrogen) atoms. The van der Waals surface area contributed by atoms with Crippen LogP contribution < -0.4 is 22.2 Å². The molecule has 0 saturated heterocycles. The predicted molar refractivity (Wildman–Crippen MR) is 96.1 cm³/mol. The number of para-hydroxylation sites is 1. The summed E-state index contributed by atoms with van der Waals surface area (Å²) in [5.41, 5.74) is 0.199. The van der Waals surface area contributed by atoms with E-state index >= 15 is 0 Å². The Morgan fingerprint density at radius 3 is 2.30 bits per heavy atom. The van der Waals surface area contributed by atoms with Crippen molar-refractivity contribution in [2.45, 2.75) is 29.8 Å². The molecule has 0 unspecified atom stereocenters. The van der Waals surface area contributed by atoms with E-state index in [0.717, 1.165) is 35.0 Å². The fourth-order valence-corrected chi connectivity index (χ4v) is 4.03. The van der Waals surface area contributed by atoms with Crippen molar-refractivity contribution in [2.75, 3.05) is 24.5 Å². The lowest BCUT2D eigenvalue weighted by molar-refractivity contribution is -0.888. The van der Waals surface area contributed by atoms with Crippen molar-refractivity contribution in [3.63, 3.8) is 0 Å². The minimum atomic E-state index is -4.45. The molecule has 0 spiro atoms. The van der Waals surface area contributed by atoms with Crippen LogP contribution in [0.5, 0.6) is 0 Å². The first-order chi connectivity index (χ1) is 12.3. The average Bonchev–Trinajstić information content (AvgIpc) is 2.62. The molecule has 0 radical (unpaired) electrons. The van der Waals surface area contributed by atoms with Crippen molar-refractivity contribution in [3.05, 3.63) is 48.0 Å². The van der Waals surface area contributed by atoms with E-state index in [0.29, 0.717) is 16.3 Å². The van der Waals surface area contributed by atoms with Crippen LogP contribution >= 0.6 is 11.8 Å². The molecular weight excluding hydrogens is 397 g/mol. The number of quaternary nitrogens is 1. The lowest BCUT2D eigenvalue weighted by atomic mass is 10.1. The number of halogens is 4. The van der Waals surface area contributed by atoms with E-state index in [9.17, 15) is 18.0 Å². The Kier molecular flexibility index (Phi) is 6.83. The Bertz CT molecular complexity index is 825. The summed E-state index contributed by atoms with van der Waals surface area (Å²) in [4.78, 5) is 17.1. The Balaban J connectivity index is 0.00000261. The number of carbonyl (C=O) groups excluding carboxylic acids is 1. The molecule has 0 bridgehead atoms. The van der Waals surface area contributed by atoms with Crippen molar-refractivity contribution >= 4 is 29.0 Å². The number of hydrogen-bond acceptors (Lipinski definition) is 2. The lowest BCUT2D eigenvalue weighted by Crippen LogP contribution is -3.12. The maximum Gasteiger partial charge on any atom is 0.416 e. The summed E-state index contributed by atoms with van der Waals surface area (Å²) in [5, 5.41) is 0. The molecular formula is C19H20ClF3N2OS. The number of likely N-dealkylation sites (N-methyl/N-ethyl adjacent to an activating group) is 1. The van der Waals surface area contributed by atoms with Gasteiger partial charge in [0, 0.05) is 9.79 Å². The highest BCUT2D eigenvalue weighted by Crippen LogP contribution is 2.49. The van der Waals surface area contributed by atoms with Gasteiger partial charge in [0.05, 0.1) is 30.0 Å². The Morgan fingerprint density at radius 2 is 1.67 bits per heavy atom. The SMILES string of the molecule is CC[NH+](CC)CC(=O)N1c2ccccc2Sc2ccc(C(F)(F)F)cc21.[Cl-]. The lowest BCUT2D eigenvalue weighted by Gasteiger charge is -2.32. The number of nitrogens with one attached hydrogen (secondary N) is 1. The van der Waals surface area contributed by atoms with Crippen molar-refractivity contribution < 1.29 is 35.3 Å². The summed E-state index contributed by atoms with van der Waals surface area (Å²) < 4.78 is 39.6. The monoisotopic (exact) mass is 416 g/mol. The van der Waals surface area contributed by atoms with Gasteiger partial charge in [0.15, 0.2) is 6.54 Å².